The molecule has 0 bridgehead atoms. The summed E-state index contributed by atoms with van der Waals surface area (Å²) in [6.07, 6.45) is -1.32. The topological polar surface area (TPSA) is 104 Å². The third-order valence-electron chi connectivity index (χ3n) is 7.62. The lowest BCUT2D eigenvalue weighted by molar-refractivity contribution is -0.182. The summed E-state index contributed by atoms with van der Waals surface area (Å²) >= 11 is 6.60. The van der Waals surface area contributed by atoms with Crippen LogP contribution < -0.4 is 10.6 Å². The quantitative estimate of drug-likeness (QED) is 0.132. The summed E-state index contributed by atoms with van der Waals surface area (Å²) < 4.78 is 83.6. The fourth-order valence-electron chi connectivity index (χ4n) is 5.00. The maximum atomic E-state index is 13.9. The molecule has 1 unspecified atom stereocenters. The second-order valence-electron chi connectivity index (χ2n) is 10.5. The highest BCUT2D eigenvalue weighted by atomic mass is 35.5. The number of nitrogens with zero attached hydrogens (tertiary/aromatic N) is 6. The SMILES string of the molecule is BC(Nc1cc(Cl)c2ncc(C#N)c(Nc3cnc(F)c(F)c3)c2c1)(c1ccc(F)cc1)c1cn(C2(C(F)(F)F)CC2)nn1. The molecular formula is C28H18BClF6N8. The van der Waals surface area contributed by atoms with Crippen LogP contribution in [0.4, 0.5) is 43.4 Å². The molecule has 5 aromatic rings. The number of nitrogens with one attached hydrogen (secondary N) is 2. The van der Waals surface area contributed by atoms with Gasteiger partial charge >= 0.3 is 6.18 Å². The van der Waals surface area contributed by atoms with Crippen molar-refractivity contribution in [2.45, 2.75) is 30.0 Å². The molecule has 8 nitrogen and oxygen atoms in total. The van der Waals surface area contributed by atoms with E-state index in [1.54, 1.807) is 13.9 Å². The number of hydrogen-bond donors (Lipinski definition) is 2. The second kappa shape index (κ2) is 10.4. The van der Waals surface area contributed by atoms with Gasteiger partial charge in [0.25, 0.3) is 0 Å². The number of fused-ring (bicyclic) bond motifs is 1. The Morgan fingerprint density at radius 1 is 1.00 bits per heavy atom. The van der Waals surface area contributed by atoms with Crippen molar-refractivity contribution in [1.29, 1.82) is 5.26 Å². The van der Waals surface area contributed by atoms with E-state index in [0.717, 1.165) is 16.9 Å². The van der Waals surface area contributed by atoms with Gasteiger partial charge in [0.2, 0.25) is 5.95 Å². The fourth-order valence-corrected chi connectivity index (χ4v) is 5.27. The molecule has 0 aliphatic heterocycles. The van der Waals surface area contributed by atoms with Crippen LogP contribution in [-0.2, 0) is 11.0 Å². The minimum atomic E-state index is -4.54. The van der Waals surface area contributed by atoms with E-state index in [4.69, 9.17) is 11.6 Å². The number of halogens is 7. The first-order valence-corrected chi connectivity index (χ1v) is 13.4. The van der Waals surface area contributed by atoms with Gasteiger partial charge in [0.05, 0.1) is 45.3 Å². The fraction of sp³-hybridized carbons (Fsp3) is 0.179. The Morgan fingerprint density at radius 3 is 2.36 bits per heavy atom. The van der Waals surface area contributed by atoms with Crippen molar-refractivity contribution in [1.82, 2.24) is 25.0 Å². The lowest BCUT2D eigenvalue weighted by Crippen LogP contribution is -2.38. The zero-order chi connectivity index (χ0) is 31.4. The Hall–Kier alpha value is -4.84. The molecule has 0 radical (unpaired) electrons. The van der Waals surface area contributed by atoms with Crippen molar-refractivity contribution < 1.29 is 26.3 Å². The number of benzene rings is 2. The second-order valence-corrected chi connectivity index (χ2v) is 10.9. The van der Waals surface area contributed by atoms with Gasteiger partial charge in [-0.25, -0.2) is 18.4 Å². The first kappa shape index (κ1) is 29.2. The Morgan fingerprint density at radius 2 is 1.73 bits per heavy atom. The molecular weight excluding hydrogens is 609 g/mol. The van der Waals surface area contributed by atoms with Gasteiger partial charge < -0.3 is 10.6 Å². The van der Waals surface area contributed by atoms with Crippen LogP contribution in [0, 0.1) is 28.9 Å². The lowest BCUT2D eigenvalue weighted by atomic mass is 9.69. The highest BCUT2D eigenvalue weighted by Gasteiger charge is 2.66. The van der Waals surface area contributed by atoms with Crippen molar-refractivity contribution >= 4 is 47.4 Å². The molecule has 1 aliphatic rings. The summed E-state index contributed by atoms with van der Waals surface area (Å²) in [6.45, 7) is 0. The molecule has 1 aliphatic carbocycles. The molecule has 1 saturated carbocycles. The minimum absolute atomic E-state index is 0.0359. The van der Waals surface area contributed by atoms with Crippen LogP contribution in [0.2, 0.25) is 5.02 Å². The molecule has 2 aromatic carbocycles. The van der Waals surface area contributed by atoms with Gasteiger partial charge in [0.15, 0.2) is 11.4 Å². The molecule has 44 heavy (non-hydrogen) atoms. The Balaban J connectivity index is 1.47. The summed E-state index contributed by atoms with van der Waals surface area (Å²) in [7, 11) is 1.63. The predicted octanol–water partition coefficient (Wildman–Crippen LogP) is 5.90. The summed E-state index contributed by atoms with van der Waals surface area (Å²) in [6, 6.07) is 11.2. The van der Waals surface area contributed by atoms with E-state index in [-0.39, 0.29) is 46.0 Å². The van der Waals surface area contributed by atoms with E-state index in [0.29, 0.717) is 16.6 Å². The van der Waals surface area contributed by atoms with Crippen molar-refractivity contribution in [2.75, 3.05) is 10.6 Å². The Labute approximate surface area is 251 Å². The molecule has 222 valence electrons. The summed E-state index contributed by atoms with van der Waals surface area (Å²) in [4.78, 5) is 7.62. The molecule has 0 saturated heterocycles. The first-order chi connectivity index (χ1) is 20.8. The molecule has 3 aromatic heterocycles. The number of alkyl halides is 3. The third kappa shape index (κ3) is 4.94. The van der Waals surface area contributed by atoms with Crippen LogP contribution in [0.15, 0.2) is 61.1 Å². The van der Waals surface area contributed by atoms with Gasteiger partial charge in [-0.1, -0.05) is 28.9 Å². The van der Waals surface area contributed by atoms with E-state index in [2.05, 4.69) is 30.9 Å². The number of anilines is 3. The standard InChI is InChI=1S/C28H18BClF6N8/c29-27(15-1-3-16(31)4-2-15,22-13-44(43-42-22)26(5-6-26)28(34,35)36)41-17-7-19-23(40-18-9-21(32)25(33)39-12-18)14(10-37)11-38-24(19)20(30)8-17/h1-4,7-9,11-13,41H,5-6,29H2,(H,38,40). The number of aromatic nitrogens is 5. The van der Waals surface area contributed by atoms with Crippen LogP contribution >= 0.6 is 11.6 Å². The van der Waals surface area contributed by atoms with E-state index in [1.165, 1.54) is 42.7 Å². The van der Waals surface area contributed by atoms with Crippen LogP contribution in [0.3, 0.4) is 0 Å². The normalized spacial score (nSPS) is 15.4. The maximum absolute atomic E-state index is 13.9. The summed E-state index contributed by atoms with van der Waals surface area (Å²) in [5.41, 5.74) is -2.18. The smallest absolute Gasteiger partial charge is 0.378 e. The van der Waals surface area contributed by atoms with Crippen molar-refractivity contribution in [2.24, 2.45) is 0 Å². The minimum Gasteiger partial charge on any atom is -0.378 e. The van der Waals surface area contributed by atoms with E-state index in [1.807, 2.05) is 6.07 Å². The van der Waals surface area contributed by atoms with Crippen molar-refractivity contribution in [3.63, 3.8) is 0 Å². The number of rotatable bonds is 7. The Bertz CT molecular complexity index is 1960. The molecule has 1 atom stereocenters. The summed E-state index contributed by atoms with van der Waals surface area (Å²) in [5, 5.41) is 24.2. The molecule has 3 heterocycles. The highest BCUT2D eigenvalue weighted by molar-refractivity contribution is 6.36. The predicted molar refractivity (Wildman–Crippen MR) is 152 cm³/mol. The van der Waals surface area contributed by atoms with Gasteiger partial charge in [0, 0.05) is 23.3 Å². The average molecular weight is 627 g/mol. The zero-order valence-electron chi connectivity index (χ0n) is 22.5. The lowest BCUT2D eigenvalue weighted by Gasteiger charge is -2.31. The largest absolute Gasteiger partial charge is 0.413 e. The van der Waals surface area contributed by atoms with E-state index < -0.39 is 34.7 Å². The van der Waals surface area contributed by atoms with Gasteiger partial charge in [-0.05, 0) is 42.7 Å². The number of pyridine rings is 2. The monoisotopic (exact) mass is 626 g/mol. The third-order valence-corrected chi connectivity index (χ3v) is 7.91. The van der Waals surface area contributed by atoms with E-state index >= 15 is 0 Å². The van der Waals surface area contributed by atoms with Gasteiger partial charge in [0.1, 0.15) is 25.4 Å². The molecule has 0 spiro atoms. The molecule has 6 rings (SSSR count). The van der Waals surface area contributed by atoms with Crippen molar-refractivity contribution in [3.05, 3.63) is 100 Å². The van der Waals surface area contributed by atoms with Gasteiger partial charge in [-0.3, -0.25) is 4.98 Å². The van der Waals surface area contributed by atoms with Crippen molar-refractivity contribution in [3.8, 4) is 6.07 Å². The number of hydrogen-bond acceptors (Lipinski definition) is 7. The van der Waals surface area contributed by atoms with Crippen LogP contribution in [0.5, 0.6) is 0 Å². The van der Waals surface area contributed by atoms with Crippen LogP contribution in [0.1, 0.15) is 29.7 Å². The Kier molecular flexibility index (Phi) is 6.92. The van der Waals surface area contributed by atoms with Gasteiger partial charge in [-0.15, -0.1) is 5.10 Å². The number of nitriles is 1. The van der Waals surface area contributed by atoms with Gasteiger partial charge in [-0.2, -0.15) is 22.8 Å². The van der Waals surface area contributed by atoms with Crippen LogP contribution in [-0.4, -0.2) is 39.0 Å². The van der Waals surface area contributed by atoms with Crippen LogP contribution in [0.25, 0.3) is 10.9 Å². The van der Waals surface area contributed by atoms with E-state index in [9.17, 15) is 31.6 Å². The maximum Gasteiger partial charge on any atom is 0.413 e. The summed E-state index contributed by atoms with van der Waals surface area (Å²) in [5.74, 6) is -3.04. The zero-order valence-corrected chi connectivity index (χ0v) is 23.3. The molecule has 16 heteroatoms. The molecule has 0 amide bonds. The molecule has 2 N–H and O–H groups in total. The average Bonchev–Trinajstić information content (AvgIpc) is 3.65. The molecule has 1 fully saturated rings. The first-order valence-electron chi connectivity index (χ1n) is 13.0. The highest BCUT2D eigenvalue weighted by Crippen LogP contribution is 2.55.